The summed E-state index contributed by atoms with van der Waals surface area (Å²) in [6, 6.07) is 17.1. The van der Waals surface area contributed by atoms with E-state index in [4.69, 9.17) is 16.3 Å². The molecule has 1 N–H and O–H groups in total. The lowest BCUT2D eigenvalue weighted by molar-refractivity contribution is -0.117. The summed E-state index contributed by atoms with van der Waals surface area (Å²) in [7, 11) is 1.53. The number of carbonyl (C=O) groups is 1. The molecular weight excluding hydrogens is 336 g/mol. The fourth-order valence-corrected chi connectivity index (χ4v) is 2.59. The zero-order valence-electron chi connectivity index (χ0n) is 14.0. The van der Waals surface area contributed by atoms with Crippen molar-refractivity contribution in [2.45, 2.75) is 12.8 Å². The molecule has 0 saturated carbocycles. The number of ether oxygens (including phenoxy) is 1. The molecule has 0 unspecified atom stereocenters. The van der Waals surface area contributed by atoms with Crippen LogP contribution >= 0.6 is 11.6 Å². The zero-order valence-corrected chi connectivity index (χ0v) is 14.7. The number of nitriles is 1. The molecule has 0 heterocycles. The third-order valence-electron chi connectivity index (χ3n) is 3.62. The largest absolute Gasteiger partial charge is 0.495 e. The van der Waals surface area contributed by atoms with Crippen LogP contribution in [0, 0.1) is 11.3 Å². The van der Waals surface area contributed by atoms with E-state index in [9.17, 15) is 10.1 Å². The van der Waals surface area contributed by atoms with Gasteiger partial charge >= 0.3 is 0 Å². The fourth-order valence-electron chi connectivity index (χ4n) is 2.32. The molecule has 0 bridgehead atoms. The number of carbonyl (C=O) groups excluding carboxylic acids is 1. The van der Waals surface area contributed by atoms with Crippen LogP contribution in [0.25, 0.3) is 6.08 Å². The summed E-state index contributed by atoms with van der Waals surface area (Å²) in [5, 5.41) is 12.4. The maximum absolute atomic E-state index is 12.1. The van der Waals surface area contributed by atoms with Gasteiger partial charge in [0, 0.05) is 6.54 Å². The standard InChI is InChI=1S/C20H19ClN2O2/c1-25-19-10-9-16(13-18(19)21)12-17(14-22)20(24)23-11-5-8-15-6-3-2-4-7-15/h2-4,6-7,9-10,12-13H,5,8,11H2,1H3,(H,23,24)/b17-12-. The van der Waals surface area contributed by atoms with Gasteiger partial charge in [-0.25, -0.2) is 0 Å². The van der Waals surface area contributed by atoms with Crippen molar-refractivity contribution in [3.63, 3.8) is 0 Å². The minimum absolute atomic E-state index is 0.0425. The van der Waals surface area contributed by atoms with Gasteiger partial charge in [0.2, 0.25) is 0 Å². The van der Waals surface area contributed by atoms with Crippen LogP contribution in [0.4, 0.5) is 0 Å². The number of benzene rings is 2. The molecular formula is C20H19ClN2O2. The number of nitrogens with one attached hydrogen (secondary N) is 1. The highest BCUT2D eigenvalue weighted by Crippen LogP contribution is 2.25. The molecule has 0 fully saturated rings. The Bertz CT molecular complexity index is 795. The molecule has 1 amide bonds. The van der Waals surface area contributed by atoms with Crippen LogP contribution in [0.1, 0.15) is 17.5 Å². The van der Waals surface area contributed by atoms with Gasteiger partial charge in [-0.05, 0) is 42.2 Å². The van der Waals surface area contributed by atoms with Crippen molar-refractivity contribution in [1.82, 2.24) is 5.32 Å². The number of methoxy groups -OCH3 is 1. The Balaban J connectivity index is 1.92. The predicted octanol–water partition coefficient (Wildman–Crippen LogP) is 4.00. The molecule has 0 atom stereocenters. The van der Waals surface area contributed by atoms with Crippen molar-refractivity contribution in [2.24, 2.45) is 0 Å². The molecule has 0 aliphatic carbocycles. The molecule has 0 aliphatic rings. The molecule has 128 valence electrons. The molecule has 2 aromatic rings. The molecule has 4 nitrogen and oxygen atoms in total. The summed E-state index contributed by atoms with van der Waals surface area (Å²) in [6.07, 6.45) is 3.20. The third-order valence-corrected chi connectivity index (χ3v) is 3.92. The lowest BCUT2D eigenvalue weighted by Gasteiger charge is -2.06. The van der Waals surface area contributed by atoms with E-state index in [1.807, 2.05) is 24.3 Å². The number of halogens is 1. The Morgan fingerprint density at radius 2 is 2.04 bits per heavy atom. The van der Waals surface area contributed by atoms with Gasteiger partial charge in [-0.15, -0.1) is 0 Å². The SMILES string of the molecule is COc1ccc(/C=C(/C#N)C(=O)NCCCc2ccccc2)cc1Cl. The lowest BCUT2D eigenvalue weighted by Crippen LogP contribution is -2.25. The van der Waals surface area contributed by atoms with E-state index in [2.05, 4.69) is 17.4 Å². The number of hydrogen-bond donors (Lipinski definition) is 1. The van der Waals surface area contributed by atoms with Crippen LogP contribution in [0.15, 0.2) is 54.1 Å². The summed E-state index contributed by atoms with van der Waals surface area (Å²) < 4.78 is 5.08. The highest BCUT2D eigenvalue weighted by atomic mass is 35.5. The van der Waals surface area contributed by atoms with Crippen molar-refractivity contribution in [3.05, 3.63) is 70.3 Å². The number of rotatable bonds is 7. The van der Waals surface area contributed by atoms with Crippen LogP contribution in [-0.4, -0.2) is 19.6 Å². The average molecular weight is 355 g/mol. The number of hydrogen-bond acceptors (Lipinski definition) is 3. The fraction of sp³-hybridized carbons (Fsp3) is 0.200. The second-order valence-electron chi connectivity index (χ2n) is 5.41. The smallest absolute Gasteiger partial charge is 0.261 e. The van der Waals surface area contributed by atoms with Crippen LogP contribution in [0.5, 0.6) is 5.75 Å². The van der Waals surface area contributed by atoms with E-state index >= 15 is 0 Å². The maximum atomic E-state index is 12.1. The molecule has 2 rings (SSSR count). The van der Waals surface area contributed by atoms with E-state index in [1.54, 1.807) is 18.2 Å². The van der Waals surface area contributed by atoms with E-state index in [0.29, 0.717) is 22.9 Å². The number of nitrogens with zero attached hydrogens (tertiary/aromatic N) is 1. The van der Waals surface area contributed by atoms with Crippen LogP contribution in [-0.2, 0) is 11.2 Å². The minimum atomic E-state index is -0.387. The van der Waals surface area contributed by atoms with Crippen molar-refractivity contribution in [2.75, 3.05) is 13.7 Å². The Hall–Kier alpha value is -2.77. The van der Waals surface area contributed by atoms with E-state index in [1.165, 1.54) is 18.7 Å². The molecule has 0 saturated heterocycles. The number of aryl methyl sites for hydroxylation is 1. The Morgan fingerprint density at radius 1 is 1.28 bits per heavy atom. The highest BCUT2D eigenvalue weighted by Gasteiger charge is 2.09. The first kappa shape index (κ1) is 18.6. The van der Waals surface area contributed by atoms with Crippen molar-refractivity contribution in [3.8, 4) is 11.8 Å². The molecule has 5 heteroatoms. The van der Waals surface area contributed by atoms with Gasteiger partial charge in [0.05, 0.1) is 12.1 Å². The second kappa shape index (κ2) is 9.51. The maximum Gasteiger partial charge on any atom is 0.261 e. The molecule has 0 spiro atoms. The zero-order chi connectivity index (χ0) is 18.1. The van der Waals surface area contributed by atoms with Gasteiger partial charge in [0.1, 0.15) is 17.4 Å². The Labute approximate surface area is 152 Å². The molecule has 0 aliphatic heterocycles. The van der Waals surface area contributed by atoms with Crippen molar-refractivity contribution < 1.29 is 9.53 Å². The lowest BCUT2D eigenvalue weighted by atomic mass is 10.1. The van der Waals surface area contributed by atoms with Gasteiger partial charge in [-0.1, -0.05) is 48.0 Å². The van der Waals surface area contributed by atoms with Crippen LogP contribution in [0.2, 0.25) is 5.02 Å². The quantitative estimate of drug-likeness (QED) is 0.464. The molecule has 0 aromatic heterocycles. The van der Waals surface area contributed by atoms with Crippen LogP contribution < -0.4 is 10.1 Å². The van der Waals surface area contributed by atoms with E-state index in [0.717, 1.165) is 12.8 Å². The Morgan fingerprint density at radius 3 is 2.68 bits per heavy atom. The number of amides is 1. The van der Waals surface area contributed by atoms with Gasteiger partial charge in [0.25, 0.3) is 5.91 Å². The first-order valence-electron chi connectivity index (χ1n) is 7.91. The van der Waals surface area contributed by atoms with Crippen molar-refractivity contribution >= 4 is 23.6 Å². The summed E-state index contributed by atoms with van der Waals surface area (Å²) >= 11 is 6.06. The van der Waals surface area contributed by atoms with Crippen LogP contribution in [0.3, 0.4) is 0 Å². The Kier molecular flexibility index (Phi) is 7.06. The summed E-state index contributed by atoms with van der Waals surface area (Å²) in [6.45, 7) is 0.510. The summed E-state index contributed by atoms with van der Waals surface area (Å²) in [5.41, 5.74) is 1.93. The predicted molar refractivity (Wildman–Crippen MR) is 99.4 cm³/mol. The first-order valence-corrected chi connectivity index (χ1v) is 8.29. The normalized spacial score (nSPS) is 10.8. The second-order valence-corrected chi connectivity index (χ2v) is 5.82. The average Bonchev–Trinajstić information content (AvgIpc) is 2.64. The molecule has 25 heavy (non-hydrogen) atoms. The first-order chi connectivity index (χ1) is 12.1. The van der Waals surface area contributed by atoms with Gasteiger partial charge in [0.15, 0.2) is 0 Å². The van der Waals surface area contributed by atoms with Gasteiger partial charge < -0.3 is 10.1 Å². The highest BCUT2D eigenvalue weighted by molar-refractivity contribution is 6.32. The minimum Gasteiger partial charge on any atom is -0.495 e. The third kappa shape index (κ3) is 5.66. The van der Waals surface area contributed by atoms with Gasteiger partial charge in [-0.3, -0.25) is 4.79 Å². The van der Waals surface area contributed by atoms with Gasteiger partial charge in [-0.2, -0.15) is 5.26 Å². The summed E-state index contributed by atoms with van der Waals surface area (Å²) in [5.74, 6) is 0.158. The molecule has 0 radical (unpaired) electrons. The topological polar surface area (TPSA) is 62.1 Å². The van der Waals surface area contributed by atoms with Crippen molar-refractivity contribution in [1.29, 1.82) is 5.26 Å². The van der Waals surface area contributed by atoms with E-state index < -0.39 is 0 Å². The summed E-state index contributed by atoms with van der Waals surface area (Å²) in [4.78, 5) is 12.1. The monoisotopic (exact) mass is 354 g/mol. The van der Waals surface area contributed by atoms with E-state index in [-0.39, 0.29) is 11.5 Å². The molecule has 2 aromatic carbocycles.